The normalized spacial score (nSPS) is 17.1. The van der Waals surface area contributed by atoms with Gasteiger partial charge in [0.05, 0.1) is 0 Å². The van der Waals surface area contributed by atoms with Gasteiger partial charge in [0.15, 0.2) is 5.71 Å². The lowest BCUT2D eigenvalue weighted by atomic mass is 9.87. The van der Waals surface area contributed by atoms with Crippen LogP contribution >= 0.6 is 0 Å². The highest BCUT2D eigenvalue weighted by Gasteiger charge is 2.40. The van der Waals surface area contributed by atoms with Gasteiger partial charge < -0.3 is 5.32 Å². The van der Waals surface area contributed by atoms with Gasteiger partial charge in [-0.25, -0.2) is 4.58 Å². The van der Waals surface area contributed by atoms with Crippen LogP contribution in [0.5, 0.6) is 0 Å². The van der Waals surface area contributed by atoms with E-state index in [1.165, 1.54) is 49.6 Å². The van der Waals surface area contributed by atoms with E-state index in [1.807, 2.05) is 7.05 Å². The second-order valence-corrected chi connectivity index (χ2v) is 12.8. The molecule has 0 fully saturated rings. The van der Waals surface area contributed by atoms with E-state index in [4.69, 9.17) is 0 Å². The van der Waals surface area contributed by atoms with E-state index in [1.54, 1.807) is 0 Å². The van der Waals surface area contributed by atoms with Gasteiger partial charge in [0, 0.05) is 24.9 Å². The van der Waals surface area contributed by atoms with Crippen molar-refractivity contribution < 1.29 is 4.58 Å². The zero-order valence-corrected chi connectivity index (χ0v) is 18.7. The van der Waals surface area contributed by atoms with Crippen LogP contribution in [0.2, 0.25) is 13.1 Å². The van der Waals surface area contributed by atoms with Gasteiger partial charge in [-0.15, -0.1) is 0 Å². The van der Waals surface area contributed by atoms with Crippen molar-refractivity contribution in [2.75, 3.05) is 26.5 Å². The van der Waals surface area contributed by atoms with Crippen LogP contribution in [0.3, 0.4) is 0 Å². The smallest absolute Gasteiger partial charge is 0.199 e. The Balaban J connectivity index is 2.12. The van der Waals surface area contributed by atoms with Crippen molar-refractivity contribution >= 4 is 30.2 Å². The monoisotopic (exact) mass is 385 g/mol. The first-order valence-electron chi connectivity index (χ1n) is 9.92. The molecule has 0 bridgehead atoms. The number of benzene rings is 2. The molecule has 2 aromatic rings. The summed E-state index contributed by atoms with van der Waals surface area (Å²) < 4.78 is 2.21. The number of aryl methyl sites for hydroxylation is 1. The number of nitrogens with one attached hydrogen (secondary N) is 1. The lowest BCUT2D eigenvalue weighted by Gasteiger charge is -2.38. The molecule has 3 heteroatoms. The molecule has 2 nitrogen and oxygen atoms in total. The summed E-state index contributed by atoms with van der Waals surface area (Å²) in [6.45, 7) is 7.19. The summed E-state index contributed by atoms with van der Waals surface area (Å²) in [5.74, 6) is 0. The van der Waals surface area contributed by atoms with Crippen LogP contribution in [0, 0.1) is 6.92 Å². The molecule has 28 heavy (non-hydrogen) atoms. The SMILES string of the molecule is CNc1ccc2c(c1)[Si](C)(C)C1=CC(=[N+](C)C)C=CC1=C2c1ccccc1C. The zero-order valence-electron chi connectivity index (χ0n) is 17.7. The van der Waals surface area contributed by atoms with Crippen molar-refractivity contribution in [3.63, 3.8) is 0 Å². The van der Waals surface area contributed by atoms with Crippen LogP contribution in [0.25, 0.3) is 5.57 Å². The average molecular weight is 386 g/mol. The minimum atomic E-state index is -1.84. The molecule has 4 rings (SSSR count). The molecule has 0 amide bonds. The Bertz CT molecular complexity index is 1090. The fourth-order valence-corrected chi connectivity index (χ4v) is 7.49. The molecule has 0 radical (unpaired) electrons. The van der Waals surface area contributed by atoms with Gasteiger partial charge in [-0.2, -0.15) is 0 Å². The van der Waals surface area contributed by atoms with Crippen molar-refractivity contribution in [2.24, 2.45) is 0 Å². The summed E-state index contributed by atoms with van der Waals surface area (Å²) in [6.07, 6.45) is 7.03. The molecule has 2 aliphatic rings. The first kappa shape index (κ1) is 18.7. The quantitative estimate of drug-likeness (QED) is 0.593. The number of rotatable bonds is 2. The highest BCUT2D eigenvalue weighted by Crippen LogP contribution is 2.42. The van der Waals surface area contributed by atoms with Crippen LogP contribution in [0.1, 0.15) is 16.7 Å². The van der Waals surface area contributed by atoms with E-state index in [-0.39, 0.29) is 0 Å². The molecule has 142 valence electrons. The van der Waals surface area contributed by atoms with Crippen molar-refractivity contribution in [3.05, 3.63) is 88.2 Å². The van der Waals surface area contributed by atoms with Gasteiger partial charge in [0.1, 0.15) is 22.2 Å². The molecule has 1 heterocycles. The minimum Gasteiger partial charge on any atom is -0.388 e. The lowest BCUT2D eigenvalue weighted by Crippen LogP contribution is -2.49. The van der Waals surface area contributed by atoms with Crippen molar-refractivity contribution in [3.8, 4) is 0 Å². The molecule has 1 aliphatic carbocycles. The predicted octanol–water partition coefficient (Wildman–Crippen LogP) is 4.52. The highest BCUT2D eigenvalue weighted by atomic mass is 28.3. The molecule has 1 N–H and O–H groups in total. The average Bonchev–Trinajstić information content (AvgIpc) is 2.69. The molecule has 0 aromatic heterocycles. The number of hydrogen-bond donors (Lipinski definition) is 1. The van der Waals surface area contributed by atoms with Gasteiger partial charge >= 0.3 is 0 Å². The Morgan fingerprint density at radius 3 is 2.36 bits per heavy atom. The van der Waals surface area contributed by atoms with Gasteiger partial charge in [-0.1, -0.05) is 43.4 Å². The maximum Gasteiger partial charge on any atom is 0.199 e. The van der Waals surface area contributed by atoms with Crippen LogP contribution in [0.15, 0.2) is 71.5 Å². The lowest BCUT2D eigenvalue weighted by molar-refractivity contribution is -0.462. The van der Waals surface area contributed by atoms with E-state index in [9.17, 15) is 0 Å². The number of allylic oxidation sites excluding steroid dienone is 5. The molecule has 0 atom stereocenters. The zero-order chi connectivity index (χ0) is 20.1. The second kappa shape index (κ2) is 6.75. The number of fused-ring (bicyclic) bond motifs is 2. The van der Waals surface area contributed by atoms with Gasteiger partial charge in [-0.05, 0) is 63.4 Å². The number of hydrogen-bond acceptors (Lipinski definition) is 1. The highest BCUT2D eigenvalue weighted by molar-refractivity contribution is 6.98. The van der Waals surface area contributed by atoms with Crippen LogP contribution < -0.4 is 10.5 Å². The van der Waals surface area contributed by atoms with Crippen molar-refractivity contribution in [1.29, 1.82) is 0 Å². The van der Waals surface area contributed by atoms with Crippen LogP contribution in [0.4, 0.5) is 5.69 Å². The first-order chi connectivity index (χ1) is 13.3. The topological polar surface area (TPSA) is 15.0 Å². The largest absolute Gasteiger partial charge is 0.388 e. The van der Waals surface area contributed by atoms with Crippen molar-refractivity contribution in [2.45, 2.75) is 20.0 Å². The van der Waals surface area contributed by atoms with Gasteiger partial charge in [-0.3, -0.25) is 0 Å². The molecule has 0 spiro atoms. The summed E-state index contributed by atoms with van der Waals surface area (Å²) >= 11 is 0. The van der Waals surface area contributed by atoms with E-state index in [0.717, 1.165) is 0 Å². The van der Waals surface area contributed by atoms with E-state index in [2.05, 4.69) is 105 Å². The Kier molecular flexibility index (Phi) is 4.51. The molecule has 0 unspecified atom stereocenters. The standard InChI is InChI=1S/C25H28N2Si/c1-17-9-7-8-10-20(17)25-21-13-11-18(26-2)15-23(21)28(5,6)24-16-19(27(3)4)12-14-22(24)25/h7-16H,1-6H3/p+1. The number of anilines is 1. The van der Waals surface area contributed by atoms with Gasteiger partial charge in [0.2, 0.25) is 0 Å². The molecule has 2 aromatic carbocycles. The Morgan fingerprint density at radius 1 is 0.929 bits per heavy atom. The van der Waals surface area contributed by atoms with Crippen molar-refractivity contribution in [1.82, 2.24) is 0 Å². The first-order valence-corrected chi connectivity index (χ1v) is 12.9. The van der Waals surface area contributed by atoms with Crippen LogP contribution in [-0.2, 0) is 0 Å². The maximum atomic E-state index is 3.34. The Morgan fingerprint density at radius 2 is 1.68 bits per heavy atom. The van der Waals surface area contributed by atoms with E-state index in [0.29, 0.717) is 0 Å². The Hall–Kier alpha value is -2.65. The summed E-state index contributed by atoms with van der Waals surface area (Å²) in [5, 5.41) is 6.38. The molecule has 1 aliphatic heterocycles. The third kappa shape index (κ3) is 2.82. The number of nitrogens with zero attached hydrogens (tertiary/aromatic N) is 1. The fourth-order valence-electron chi connectivity index (χ4n) is 4.41. The molecular formula is C25H29N2Si+. The molecule has 0 saturated carbocycles. The summed E-state index contributed by atoms with van der Waals surface area (Å²) in [7, 11) is 4.41. The molecular weight excluding hydrogens is 356 g/mol. The summed E-state index contributed by atoms with van der Waals surface area (Å²) in [5.41, 5.74) is 9.31. The van der Waals surface area contributed by atoms with Crippen LogP contribution in [-0.4, -0.2) is 39.5 Å². The van der Waals surface area contributed by atoms with Gasteiger partial charge in [0.25, 0.3) is 0 Å². The molecule has 0 saturated heterocycles. The van der Waals surface area contributed by atoms with E-state index < -0.39 is 8.07 Å². The Labute approximate surface area is 169 Å². The minimum absolute atomic E-state index is 1.19. The maximum absolute atomic E-state index is 3.34. The summed E-state index contributed by atoms with van der Waals surface area (Å²) in [4.78, 5) is 0. The third-order valence-electron chi connectivity index (χ3n) is 6.13. The van der Waals surface area contributed by atoms with E-state index >= 15 is 0 Å². The predicted molar refractivity (Wildman–Crippen MR) is 125 cm³/mol. The second-order valence-electron chi connectivity index (χ2n) is 8.45. The third-order valence-corrected chi connectivity index (χ3v) is 9.65. The fraction of sp³-hybridized carbons (Fsp3) is 0.240. The summed E-state index contributed by atoms with van der Waals surface area (Å²) in [6, 6.07) is 15.7.